The number of carbonyl (C=O) groups excluding carboxylic acids is 1. The number of halogens is 1. The molecule has 1 amide bonds. The molecule has 150 valence electrons. The van der Waals surface area contributed by atoms with Crippen LogP contribution < -0.4 is 15.5 Å². The number of hydrogen-bond acceptors (Lipinski definition) is 3. The van der Waals surface area contributed by atoms with E-state index in [0.29, 0.717) is 33.1 Å². The second-order valence-corrected chi connectivity index (χ2v) is 7.37. The average Bonchev–Trinajstić information content (AvgIpc) is 2.73. The summed E-state index contributed by atoms with van der Waals surface area (Å²) in [6, 6.07) is 21.4. The molecule has 1 aromatic heterocycles. The third-order valence-electron chi connectivity index (χ3n) is 4.63. The van der Waals surface area contributed by atoms with Gasteiger partial charge >= 0.3 is 0 Å². The highest BCUT2D eigenvalue weighted by Gasteiger charge is 2.12. The van der Waals surface area contributed by atoms with Gasteiger partial charge in [-0.3, -0.25) is 9.59 Å². The lowest BCUT2D eigenvalue weighted by Gasteiger charge is -2.14. The Morgan fingerprint density at radius 3 is 2.63 bits per heavy atom. The number of aromatic nitrogens is 1. The molecular formula is C24H19ClN2O3. The molecule has 0 atom stereocenters. The van der Waals surface area contributed by atoms with Gasteiger partial charge in [0, 0.05) is 22.7 Å². The van der Waals surface area contributed by atoms with Gasteiger partial charge in [-0.25, -0.2) is 0 Å². The van der Waals surface area contributed by atoms with E-state index in [1.54, 1.807) is 29.0 Å². The molecule has 0 fully saturated rings. The van der Waals surface area contributed by atoms with Gasteiger partial charge in [-0.2, -0.15) is 0 Å². The zero-order valence-corrected chi connectivity index (χ0v) is 17.0. The van der Waals surface area contributed by atoms with Crippen LogP contribution in [0.15, 0.2) is 83.8 Å². The second-order valence-electron chi connectivity index (χ2n) is 6.93. The number of benzene rings is 3. The van der Waals surface area contributed by atoms with Gasteiger partial charge in [-0.05, 0) is 49.4 Å². The maximum absolute atomic E-state index is 12.8. The maximum Gasteiger partial charge on any atom is 0.244 e. The van der Waals surface area contributed by atoms with Crippen LogP contribution in [-0.4, -0.2) is 10.5 Å². The molecule has 30 heavy (non-hydrogen) atoms. The molecule has 0 saturated heterocycles. The fraction of sp³-hybridized carbons (Fsp3) is 0.0833. The minimum absolute atomic E-state index is 0.0388. The van der Waals surface area contributed by atoms with E-state index in [0.717, 1.165) is 5.56 Å². The number of anilines is 1. The predicted octanol–water partition coefficient (Wildman–Crippen LogP) is 5.39. The summed E-state index contributed by atoms with van der Waals surface area (Å²) in [6.45, 7) is 1.97. The molecule has 0 spiro atoms. The summed E-state index contributed by atoms with van der Waals surface area (Å²) in [5.74, 6) is 0.872. The van der Waals surface area contributed by atoms with E-state index in [4.69, 9.17) is 16.3 Å². The fourth-order valence-electron chi connectivity index (χ4n) is 3.21. The Morgan fingerprint density at radius 2 is 1.83 bits per heavy atom. The third-order valence-corrected chi connectivity index (χ3v) is 4.87. The number of pyridine rings is 1. The first kappa shape index (κ1) is 19.7. The van der Waals surface area contributed by atoms with E-state index in [2.05, 4.69) is 5.32 Å². The number of nitrogens with one attached hydrogen (secondary N) is 1. The van der Waals surface area contributed by atoms with Gasteiger partial charge in [0.05, 0.1) is 11.2 Å². The highest BCUT2D eigenvalue weighted by atomic mass is 35.5. The normalized spacial score (nSPS) is 10.7. The number of hydrogen-bond donors (Lipinski definition) is 1. The molecule has 0 bridgehead atoms. The highest BCUT2D eigenvalue weighted by molar-refractivity contribution is 6.31. The second kappa shape index (κ2) is 8.43. The predicted molar refractivity (Wildman–Crippen MR) is 120 cm³/mol. The van der Waals surface area contributed by atoms with E-state index >= 15 is 0 Å². The minimum Gasteiger partial charge on any atom is -0.455 e. The van der Waals surface area contributed by atoms with Crippen LogP contribution in [0.1, 0.15) is 5.56 Å². The van der Waals surface area contributed by atoms with Gasteiger partial charge in [0.15, 0.2) is 11.2 Å². The standard InChI is InChI=1S/C24H19ClN2O3/c1-16-7-9-21-19(13-16)22(28)11-12-27(21)15-24(29)26-20-14-17(25)8-10-23(20)30-18-5-3-2-4-6-18/h2-14H,15H2,1H3,(H,26,29). The third kappa shape index (κ3) is 4.36. The summed E-state index contributed by atoms with van der Waals surface area (Å²) in [5.41, 5.74) is 2.09. The first-order valence-corrected chi connectivity index (χ1v) is 9.79. The Hall–Kier alpha value is -3.57. The number of ether oxygens (including phenoxy) is 1. The molecule has 0 saturated carbocycles. The Bertz CT molecular complexity index is 1280. The van der Waals surface area contributed by atoms with Crippen molar-refractivity contribution >= 4 is 34.1 Å². The Kier molecular flexibility index (Phi) is 5.55. The van der Waals surface area contributed by atoms with Crippen molar-refractivity contribution in [1.82, 2.24) is 4.57 Å². The summed E-state index contributed by atoms with van der Waals surface area (Å²) in [7, 11) is 0. The number of fused-ring (bicyclic) bond motifs is 1. The van der Waals surface area contributed by atoms with E-state index in [9.17, 15) is 9.59 Å². The van der Waals surface area contributed by atoms with Gasteiger partial charge in [-0.1, -0.05) is 41.4 Å². The lowest BCUT2D eigenvalue weighted by Crippen LogP contribution is -2.20. The Balaban J connectivity index is 1.59. The number of para-hydroxylation sites is 1. The smallest absolute Gasteiger partial charge is 0.244 e. The molecular weight excluding hydrogens is 400 g/mol. The van der Waals surface area contributed by atoms with Gasteiger partial charge in [0.1, 0.15) is 12.3 Å². The van der Waals surface area contributed by atoms with Crippen LogP contribution in [0.2, 0.25) is 5.02 Å². The molecule has 1 N–H and O–H groups in total. The Labute approximate surface area is 178 Å². The minimum atomic E-state index is -0.263. The van der Waals surface area contributed by atoms with Gasteiger partial charge < -0.3 is 14.6 Å². The summed E-state index contributed by atoms with van der Waals surface area (Å²) in [5, 5.41) is 3.93. The largest absolute Gasteiger partial charge is 0.455 e. The van der Waals surface area contributed by atoms with Crippen molar-refractivity contribution in [3.63, 3.8) is 0 Å². The van der Waals surface area contributed by atoms with Crippen molar-refractivity contribution in [2.24, 2.45) is 0 Å². The molecule has 0 aliphatic carbocycles. The molecule has 4 aromatic rings. The van der Waals surface area contributed by atoms with E-state index in [1.165, 1.54) is 6.07 Å². The highest BCUT2D eigenvalue weighted by Crippen LogP contribution is 2.32. The van der Waals surface area contributed by atoms with Crippen molar-refractivity contribution in [1.29, 1.82) is 0 Å². The van der Waals surface area contributed by atoms with Crippen LogP contribution in [0.5, 0.6) is 11.5 Å². The number of amides is 1. The van der Waals surface area contributed by atoms with Gasteiger partial charge in [-0.15, -0.1) is 0 Å². The van der Waals surface area contributed by atoms with Crippen molar-refractivity contribution < 1.29 is 9.53 Å². The molecule has 0 aliphatic rings. The van der Waals surface area contributed by atoms with Gasteiger partial charge in [0.2, 0.25) is 5.91 Å². The van der Waals surface area contributed by atoms with Crippen LogP contribution >= 0.6 is 11.6 Å². The zero-order valence-electron chi connectivity index (χ0n) is 16.3. The zero-order chi connectivity index (χ0) is 21.1. The Morgan fingerprint density at radius 1 is 1.03 bits per heavy atom. The van der Waals surface area contributed by atoms with Crippen molar-refractivity contribution in [3.05, 3.63) is 99.8 Å². The number of aryl methyl sites for hydroxylation is 1. The maximum atomic E-state index is 12.8. The van der Waals surface area contributed by atoms with Crippen molar-refractivity contribution in [3.8, 4) is 11.5 Å². The van der Waals surface area contributed by atoms with E-state index < -0.39 is 0 Å². The SMILES string of the molecule is Cc1ccc2c(c1)c(=O)ccn2CC(=O)Nc1cc(Cl)ccc1Oc1ccccc1. The monoisotopic (exact) mass is 418 g/mol. The summed E-state index contributed by atoms with van der Waals surface area (Å²) < 4.78 is 7.64. The molecule has 0 unspecified atom stereocenters. The first-order valence-electron chi connectivity index (χ1n) is 9.42. The van der Waals surface area contributed by atoms with E-state index in [-0.39, 0.29) is 17.9 Å². The van der Waals surface area contributed by atoms with Crippen LogP contribution in [0.3, 0.4) is 0 Å². The average molecular weight is 419 g/mol. The fourth-order valence-corrected chi connectivity index (χ4v) is 3.38. The first-order chi connectivity index (χ1) is 14.5. The topological polar surface area (TPSA) is 60.3 Å². The molecule has 0 aliphatic heterocycles. The summed E-state index contributed by atoms with van der Waals surface area (Å²) in [6.07, 6.45) is 1.62. The van der Waals surface area contributed by atoms with Crippen LogP contribution in [0, 0.1) is 6.92 Å². The molecule has 4 rings (SSSR count). The lowest BCUT2D eigenvalue weighted by molar-refractivity contribution is -0.116. The quantitative estimate of drug-likeness (QED) is 0.472. The van der Waals surface area contributed by atoms with Crippen LogP contribution in [-0.2, 0) is 11.3 Å². The number of nitrogens with zero attached hydrogens (tertiary/aromatic N) is 1. The molecule has 5 nitrogen and oxygen atoms in total. The molecule has 6 heteroatoms. The lowest BCUT2D eigenvalue weighted by atomic mass is 10.1. The molecule has 3 aromatic carbocycles. The van der Waals surface area contributed by atoms with Crippen LogP contribution in [0.25, 0.3) is 10.9 Å². The van der Waals surface area contributed by atoms with Crippen molar-refractivity contribution in [2.75, 3.05) is 5.32 Å². The number of carbonyl (C=O) groups is 1. The number of rotatable bonds is 5. The van der Waals surface area contributed by atoms with Gasteiger partial charge in [0.25, 0.3) is 0 Å². The molecule has 0 radical (unpaired) electrons. The van der Waals surface area contributed by atoms with Crippen LogP contribution in [0.4, 0.5) is 5.69 Å². The van der Waals surface area contributed by atoms with Crippen molar-refractivity contribution in [2.45, 2.75) is 13.5 Å². The van der Waals surface area contributed by atoms with E-state index in [1.807, 2.05) is 55.5 Å². The molecule has 1 heterocycles. The summed E-state index contributed by atoms with van der Waals surface area (Å²) in [4.78, 5) is 25.0. The summed E-state index contributed by atoms with van der Waals surface area (Å²) >= 11 is 6.13.